The average molecular weight is 439 g/mol. The molecule has 0 saturated carbocycles. The van der Waals surface area contributed by atoms with Crippen LogP contribution < -0.4 is 16.2 Å². The Morgan fingerprint density at radius 1 is 1.06 bits per heavy atom. The maximum absolute atomic E-state index is 14.2. The summed E-state index contributed by atoms with van der Waals surface area (Å²) in [6.45, 7) is 6.73. The molecule has 0 unspecified atom stereocenters. The Kier molecular flexibility index (Phi) is 6.70. The summed E-state index contributed by atoms with van der Waals surface area (Å²) in [7, 11) is -1.81. The molecule has 3 rings (SSSR count). The summed E-state index contributed by atoms with van der Waals surface area (Å²) >= 11 is 0. The SMILES string of the molecule is C[Si](C)(C)c1cc(CC(=O)Cc2cccc(CNc3cn[nH]c3C(N)=O)c2)ccc1F. The second-order valence-electron chi connectivity index (χ2n) is 8.65. The highest BCUT2D eigenvalue weighted by atomic mass is 28.3. The summed E-state index contributed by atoms with van der Waals surface area (Å²) in [6, 6.07) is 12.7. The zero-order chi connectivity index (χ0) is 22.6. The first kappa shape index (κ1) is 22.4. The first-order chi connectivity index (χ1) is 14.6. The average Bonchev–Trinajstić information content (AvgIpc) is 3.16. The molecule has 0 radical (unpaired) electrons. The van der Waals surface area contributed by atoms with E-state index in [1.54, 1.807) is 6.07 Å². The van der Waals surface area contributed by atoms with Gasteiger partial charge in [0.15, 0.2) is 0 Å². The molecular weight excluding hydrogens is 411 g/mol. The van der Waals surface area contributed by atoms with Crippen molar-refractivity contribution in [3.8, 4) is 0 Å². The highest BCUT2D eigenvalue weighted by Gasteiger charge is 2.21. The van der Waals surface area contributed by atoms with Crippen molar-refractivity contribution in [2.45, 2.75) is 39.0 Å². The highest BCUT2D eigenvalue weighted by molar-refractivity contribution is 6.88. The number of benzene rings is 2. The fraction of sp³-hybridized carbons (Fsp3) is 0.261. The Morgan fingerprint density at radius 2 is 1.74 bits per heavy atom. The molecule has 6 nitrogen and oxygen atoms in total. The second-order valence-corrected chi connectivity index (χ2v) is 13.7. The molecule has 0 atom stereocenters. The van der Waals surface area contributed by atoms with Crippen molar-refractivity contribution >= 4 is 30.6 Å². The number of nitrogens with zero attached hydrogens (tertiary/aromatic N) is 1. The van der Waals surface area contributed by atoms with Gasteiger partial charge in [-0.2, -0.15) is 5.10 Å². The third-order valence-electron chi connectivity index (χ3n) is 5.00. The normalized spacial score (nSPS) is 11.4. The van der Waals surface area contributed by atoms with Crippen molar-refractivity contribution in [1.29, 1.82) is 0 Å². The summed E-state index contributed by atoms with van der Waals surface area (Å²) in [5.41, 5.74) is 8.77. The van der Waals surface area contributed by atoms with Gasteiger partial charge in [0.05, 0.1) is 20.0 Å². The Balaban J connectivity index is 1.64. The Hall–Kier alpha value is -3.26. The van der Waals surface area contributed by atoms with E-state index in [0.717, 1.165) is 21.9 Å². The largest absolute Gasteiger partial charge is 0.378 e. The van der Waals surface area contributed by atoms with Crippen LogP contribution in [-0.2, 0) is 24.2 Å². The molecule has 0 aliphatic heterocycles. The Bertz CT molecular complexity index is 1100. The number of aromatic nitrogens is 2. The molecule has 0 bridgehead atoms. The number of hydrogen-bond acceptors (Lipinski definition) is 4. The summed E-state index contributed by atoms with van der Waals surface area (Å²) < 4.78 is 14.2. The van der Waals surface area contributed by atoms with Crippen LogP contribution >= 0.6 is 0 Å². The monoisotopic (exact) mass is 438 g/mol. The molecule has 162 valence electrons. The van der Waals surface area contributed by atoms with Crippen LogP contribution in [-0.4, -0.2) is 30.0 Å². The van der Waals surface area contributed by atoms with Crippen molar-refractivity contribution in [3.05, 3.63) is 76.9 Å². The summed E-state index contributed by atoms with van der Waals surface area (Å²) in [6.07, 6.45) is 2.08. The van der Waals surface area contributed by atoms with Crippen LogP contribution in [0, 0.1) is 5.82 Å². The van der Waals surface area contributed by atoms with Gasteiger partial charge in [0.25, 0.3) is 5.91 Å². The second kappa shape index (κ2) is 9.26. The number of nitrogens with one attached hydrogen (secondary N) is 2. The third-order valence-corrected chi connectivity index (χ3v) is 7.00. The predicted molar refractivity (Wildman–Crippen MR) is 123 cm³/mol. The Morgan fingerprint density at radius 3 is 2.42 bits per heavy atom. The molecule has 0 fully saturated rings. The molecule has 0 aliphatic carbocycles. The van der Waals surface area contributed by atoms with Gasteiger partial charge in [-0.05, 0) is 27.9 Å². The maximum atomic E-state index is 14.2. The summed E-state index contributed by atoms with van der Waals surface area (Å²) in [4.78, 5) is 24.0. The van der Waals surface area contributed by atoms with Crippen LogP contribution in [0.5, 0.6) is 0 Å². The minimum atomic E-state index is -1.81. The first-order valence-electron chi connectivity index (χ1n) is 10.1. The smallest absolute Gasteiger partial charge is 0.268 e. The van der Waals surface area contributed by atoms with Gasteiger partial charge in [-0.3, -0.25) is 14.7 Å². The molecule has 2 aromatic carbocycles. The lowest BCUT2D eigenvalue weighted by molar-refractivity contribution is -0.117. The summed E-state index contributed by atoms with van der Waals surface area (Å²) in [5, 5.41) is 10.3. The summed E-state index contributed by atoms with van der Waals surface area (Å²) in [5.74, 6) is -0.700. The number of primary amides is 1. The number of rotatable bonds is 9. The van der Waals surface area contributed by atoms with E-state index in [1.807, 2.05) is 30.3 Å². The van der Waals surface area contributed by atoms with E-state index in [1.165, 1.54) is 12.3 Å². The number of H-pyrrole nitrogens is 1. The zero-order valence-corrected chi connectivity index (χ0v) is 19.0. The molecule has 3 aromatic rings. The number of carbonyl (C=O) groups is 2. The van der Waals surface area contributed by atoms with E-state index in [0.29, 0.717) is 18.7 Å². The van der Waals surface area contributed by atoms with Crippen molar-refractivity contribution in [3.63, 3.8) is 0 Å². The molecule has 31 heavy (non-hydrogen) atoms. The van der Waals surface area contributed by atoms with Crippen LogP contribution in [0.2, 0.25) is 19.6 Å². The molecule has 1 amide bonds. The molecule has 4 N–H and O–H groups in total. The van der Waals surface area contributed by atoms with E-state index in [2.05, 4.69) is 35.2 Å². The lowest BCUT2D eigenvalue weighted by Gasteiger charge is -2.18. The lowest BCUT2D eigenvalue weighted by atomic mass is 10.0. The standard InChI is InChI=1S/C23H27FN4O2Si/c1-31(2,3)21-12-16(7-8-19(21)24)11-18(29)10-15-5-4-6-17(9-15)13-26-20-14-27-28-22(20)23(25)30/h4-9,12,14,26H,10-11,13H2,1-3H3,(H2,25,30)(H,27,28). The molecule has 1 aromatic heterocycles. The number of anilines is 1. The van der Waals surface area contributed by atoms with Crippen LogP contribution in [0.15, 0.2) is 48.7 Å². The van der Waals surface area contributed by atoms with E-state index in [-0.39, 0.29) is 23.7 Å². The minimum Gasteiger partial charge on any atom is -0.378 e. The minimum absolute atomic E-state index is 0.0732. The fourth-order valence-corrected chi connectivity index (χ4v) is 4.85. The van der Waals surface area contributed by atoms with Crippen LogP contribution in [0.3, 0.4) is 0 Å². The third kappa shape index (κ3) is 5.88. The van der Waals surface area contributed by atoms with Gasteiger partial charge in [-0.15, -0.1) is 0 Å². The van der Waals surface area contributed by atoms with Gasteiger partial charge in [-0.1, -0.05) is 56.0 Å². The lowest BCUT2D eigenvalue weighted by Crippen LogP contribution is -2.40. The van der Waals surface area contributed by atoms with Crippen molar-refractivity contribution in [2.24, 2.45) is 5.73 Å². The highest BCUT2D eigenvalue weighted by Crippen LogP contribution is 2.15. The molecular formula is C23H27FN4O2Si. The zero-order valence-electron chi connectivity index (χ0n) is 18.0. The molecule has 0 saturated heterocycles. The quantitative estimate of drug-likeness (QED) is 0.447. The van der Waals surface area contributed by atoms with E-state index < -0.39 is 14.0 Å². The number of halogens is 1. The molecule has 8 heteroatoms. The van der Waals surface area contributed by atoms with Gasteiger partial charge in [0.1, 0.15) is 17.3 Å². The number of hydrogen-bond donors (Lipinski definition) is 3. The number of Topliss-reactive ketones (excluding diaryl/α,β-unsaturated/α-hetero) is 1. The number of nitrogens with two attached hydrogens (primary N) is 1. The Labute approximate surface area is 182 Å². The molecule has 0 aliphatic rings. The number of aromatic amines is 1. The van der Waals surface area contributed by atoms with Crippen LogP contribution in [0.4, 0.5) is 10.1 Å². The molecule has 0 spiro atoms. The van der Waals surface area contributed by atoms with Gasteiger partial charge in [0, 0.05) is 19.4 Å². The van der Waals surface area contributed by atoms with E-state index >= 15 is 0 Å². The number of amides is 1. The van der Waals surface area contributed by atoms with Gasteiger partial charge < -0.3 is 11.1 Å². The topological polar surface area (TPSA) is 101 Å². The van der Waals surface area contributed by atoms with Gasteiger partial charge >= 0.3 is 0 Å². The van der Waals surface area contributed by atoms with Crippen molar-refractivity contribution in [2.75, 3.05) is 5.32 Å². The fourth-order valence-electron chi connectivity index (χ4n) is 3.43. The van der Waals surface area contributed by atoms with Gasteiger partial charge in [0.2, 0.25) is 0 Å². The maximum Gasteiger partial charge on any atom is 0.268 e. The number of ketones is 1. The molecule has 1 heterocycles. The first-order valence-corrected chi connectivity index (χ1v) is 13.6. The predicted octanol–water partition coefficient (Wildman–Crippen LogP) is 3.16. The van der Waals surface area contributed by atoms with Crippen LogP contribution in [0.1, 0.15) is 27.2 Å². The van der Waals surface area contributed by atoms with E-state index in [9.17, 15) is 14.0 Å². The van der Waals surface area contributed by atoms with Crippen molar-refractivity contribution < 1.29 is 14.0 Å². The number of carbonyl (C=O) groups excluding carboxylic acids is 2. The van der Waals surface area contributed by atoms with E-state index in [4.69, 9.17) is 5.73 Å². The van der Waals surface area contributed by atoms with Crippen molar-refractivity contribution in [1.82, 2.24) is 10.2 Å². The van der Waals surface area contributed by atoms with Gasteiger partial charge in [-0.25, -0.2) is 4.39 Å². The van der Waals surface area contributed by atoms with Crippen LogP contribution in [0.25, 0.3) is 0 Å².